The Kier molecular flexibility index (Phi) is 6.15. The van der Waals surface area contributed by atoms with Gasteiger partial charge in [-0.15, -0.1) is 10.2 Å². The Morgan fingerprint density at radius 2 is 1.39 bits per heavy atom. The molecule has 170 valence electrons. The van der Waals surface area contributed by atoms with Crippen molar-refractivity contribution >= 4 is 11.8 Å². The second-order valence-corrected chi connectivity index (χ2v) is 7.85. The van der Waals surface area contributed by atoms with Crippen LogP contribution < -0.4 is 0 Å². The lowest BCUT2D eigenvalue weighted by atomic mass is 10.1. The standard InChI is InChI=1S/C22H14F6N4S/c23-21(24,25)16-4-1-3-14(11-16)13-33-20-31-30-19(15-7-9-29-10-8-15)32(20)18-6-2-5-17(12-18)22(26,27)28/h1-12H,13H2. The third kappa shape index (κ3) is 5.19. The van der Waals surface area contributed by atoms with Gasteiger partial charge in [-0.25, -0.2) is 0 Å². The fraction of sp³-hybridized carbons (Fsp3) is 0.136. The molecule has 2 aromatic carbocycles. The summed E-state index contributed by atoms with van der Waals surface area (Å²) in [7, 11) is 0. The highest BCUT2D eigenvalue weighted by atomic mass is 32.2. The van der Waals surface area contributed by atoms with Crippen LogP contribution in [0.2, 0.25) is 0 Å². The highest BCUT2D eigenvalue weighted by molar-refractivity contribution is 7.98. The predicted molar refractivity (Wildman–Crippen MR) is 111 cm³/mol. The Labute approximate surface area is 188 Å². The first-order chi connectivity index (χ1) is 15.6. The molecule has 0 aliphatic carbocycles. The Hall–Kier alpha value is -3.34. The lowest BCUT2D eigenvalue weighted by molar-refractivity contribution is -0.138. The number of rotatable bonds is 5. The van der Waals surface area contributed by atoms with Crippen molar-refractivity contribution in [1.82, 2.24) is 19.7 Å². The number of halogens is 6. The minimum Gasteiger partial charge on any atom is -0.270 e. The van der Waals surface area contributed by atoms with Crippen LogP contribution in [0.4, 0.5) is 26.3 Å². The summed E-state index contributed by atoms with van der Waals surface area (Å²) in [6.45, 7) is 0. The van der Waals surface area contributed by atoms with Gasteiger partial charge in [-0.1, -0.05) is 36.0 Å². The van der Waals surface area contributed by atoms with Crippen LogP contribution in [0, 0.1) is 0 Å². The number of thioether (sulfide) groups is 1. The summed E-state index contributed by atoms with van der Waals surface area (Å²) in [6.07, 6.45) is -6.01. The maximum Gasteiger partial charge on any atom is 0.416 e. The molecule has 0 fully saturated rings. The molecule has 4 rings (SSSR count). The molecule has 11 heteroatoms. The van der Waals surface area contributed by atoms with E-state index in [0.29, 0.717) is 11.1 Å². The zero-order valence-corrected chi connectivity index (χ0v) is 17.4. The van der Waals surface area contributed by atoms with Gasteiger partial charge in [-0.2, -0.15) is 26.3 Å². The molecular weight excluding hydrogens is 466 g/mol. The van der Waals surface area contributed by atoms with Crippen molar-refractivity contribution in [1.29, 1.82) is 0 Å². The minimum absolute atomic E-state index is 0.108. The second kappa shape index (κ2) is 8.89. The number of hydrogen-bond acceptors (Lipinski definition) is 4. The van der Waals surface area contributed by atoms with Crippen molar-refractivity contribution in [2.75, 3.05) is 0 Å². The molecular formula is C22H14F6N4S. The number of nitrogens with zero attached hydrogens (tertiary/aromatic N) is 4. The molecule has 2 aromatic heterocycles. The molecule has 0 unspecified atom stereocenters. The third-order valence-corrected chi connectivity index (χ3v) is 5.63. The minimum atomic E-state index is -4.55. The van der Waals surface area contributed by atoms with Gasteiger partial charge in [-0.05, 0) is 42.0 Å². The lowest BCUT2D eigenvalue weighted by Crippen LogP contribution is -2.07. The molecule has 0 amide bonds. The van der Waals surface area contributed by atoms with E-state index in [2.05, 4.69) is 15.2 Å². The summed E-state index contributed by atoms with van der Waals surface area (Å²) < 4.78 is 80.4. The molecule has 0 atom stereocenters. The summed E-state index contributed by atoms with van der Waals surface area (Å²) >= 11 is 1.07. The van der Waals surface area contributed by atoms with Gasteiger partial charge in [0.2, 0.25) is 0 Å². The first-order valence-electron chi connectivity index (χ1n) is 9.45. The van der Waals surface area contributed by atoms with Crippen LogP contribution in [0.3, 0.4) is 0 Å². The van der Waals surface area contributed by atoms with Gasteiger partial charge in [0.1, 0.15) is 0 Å². The van der Waals surface area contributed by atoms with Crippen LogP contribution in [0.25, 0.3) is 17.1 Å². The van der Waals surface area contributed by atoms with E-state index in [1.165, 1.54) is 41.2 Å². The van der Waals surface area contributed by atoms with Crippen molar-refractivity contribution < 1.29 is 26.3 Å². The van der Waals surface area contributed by atoms with E-state index in [1.807, 2.05) is 0 Å². The van der Waals surface area contributed by atoms with E-state index in [0.717, 1.165) is 36.0 Å². The van der Waals surface area contributed by atoms with Crippen LogP contribution in [0.15, 0.2) is 78.2 Å². The van der Waals surface area contributed by atoms with Gasteiger partial charge >= 0.3 is 12.4 Å². The van der Waals surface area contributed by atoms with Gasteiger partial charge in [0.25, 0.3) is 0 Å². The fourth-order valence-electron chi connectivity index (χ4n) is 3.09. The largest absolute Gasteiger partial charge is 0.416 e. The van der Waals surface area contributed by atoms with Crippen molar-refractivity contribution in [3.63, 3.8) is 0 Å². The second-order valence-electron chi connectivity index (χ2n) is 6.91. The van der Waals surface area contributed by atoms with Gasteiger partial charge in [-0.3, -0.25) is 9.55 Å². The molecule has 0 saturated heterocycles. The molecule has 4 aromatic rings. The topological polar surface area (TPSA) is 43.6 Å². The van der Waals surface area contributed by atoms with Crippen molar-refractivity contribution in [2.45, 2.75) is 23.3 Å². The quantitative estimate of drug-likeness (QED) is 0.237. The third-order valence-electron chi connectivity index (χ3n) is 4.63. The summed E-state index contributed by atoms with van der Waals surface area (Å²) in [5.74, 6) is 0.389. The molecule has 0 saturated carbocycles. The summed E-state index contributed by atoms with van der Waals surface area (Å²) in [5, 5.41) is 8.46. The van der Waals surface area contributed by atoms with Crippen LogP contribution in [0.5, 0.6) is 0 Å². The molecule has 33 heavy (non-hydrogen) atoms. The van der Waals surface area contributed by atoms with E-state index >= 15 is 0 Å². The smallest absolute Gasteiger partial charge is 0.270 e. The highest BCUT2D eigenvalue weighted by Crippen LogP contribution is 2.35. The zero-order valence-electron chi connectivity index (χ0n) is 16.6. The van der Waals surface area contributed by atoms with E-state index in [4.69, 9.17) is 0 Å². The summed E-state index contributed by atoms with van der Waals surface area (Å²) in [5.41, 5.74) is -0.492. The van der Waals surface area contributed by atoms with Crippen LogP contribution in [0.1, 0.15) is 16.7 Å². The first kappa shape index (κ1) is 22.8. The number of hydrogen-bond donors (Lipinski definition) is 0. The number of benzene rings is 2. The van der Waals surface area contributed by atoms with Crippen LogP contribution >= 0.6 is 11.8 Å². The fourth-order valence-corrected chi connectivity index (χ4v) is 3.99. The van der Waals surface area contributed by atoms with E-state index in [-0.39, 0.29) is 22.4 Å². The van der Waals surface area contributed by atoms with Gasteiger partial charge in [0.15, 0.2) is 11.0 Å². The van der Waals surface area contributed by atoms with Crippen molar-refractivity contribution in [3.05, 3.63) is 89.7 Å². The Bertz CT molecular complexity index is 1250. The van der Waals surface area contributed by atoms with E-state index < -0.39 is 23.5 Å². The first-order valence-corrected chi connectivity index (χ1v) is 10.4. The molecule has 0 bridgehead atoms. The average Bonchev–Trinajstić information content (AvgIpc) is 3.21. The Morgan fingerprint density at radius 1 is 0.758 bits per heavy atom. The van der Waals surface area contributed by atoms with E-state index in [9.17, 15) is 26.3 Å². The van der Waals surface area contributed by atoms with Gasteiger partial charge in [0.05, 0.1) is 16.8 Å². The maximum atomic E-state index is 13.3. The zero-order chi connectivity index (χ0) is 23.6. The van der Waals surface area contributed by atoms with Gasteiger partial charge < -0.3 is 0 Å². The Morgan fingerprint density at radius 3 is 2.06 bits per heavy atom. The molecule has 0 aliphatic heterocycles. The van der Waals surface area contributed by atoms with Crippen molar-refractivity contribution in [2.24, 2.45) is 0 Å². The summed E-state index contributed by atoms with van der Waals surface area (Å²) in [4.78, 5) is 3.93. The van der Waals surface area contributed by atoms with Gasteiger partial charge in [0, 0.05) is 23.7 Å². The molecule has 2 heterocycles. The summed E-state index contributed by atoms with van der Waals surface area (Å²) in [6, 6.07) is 12.8. The molecule has 0 aliphatic rings. The average molecular weight is 480 g/mol. The number of aromatic nitrogens is 4. The van der Waals surface area contributed by atoms with Crippen LogP contribution in [-0.4, -0.2) is 19.7 Å². The normalized spacial score (nSPS) is 12.2. The van der Waals surface area contributed by atoms with Crippen molar-refractivity contribution in [3.8, 4) is 17.1 Å². The molecule has 0 radical (unpaired) electrons. The highest BCUT2D eigenvalue weighted by Gasteiger charge is 2.32. The van der Waals surface area contributed by atoms with Crippen LogP contribution in [-0.2, 0) is 18.1 Å². The maximum absolute atomic E-state index is 13.3. The number of alkyl halides is 6. The molecule has 0 spiro atoms. The molecule has 4 nitrogen and oxygen atoms in total. The lowest BCUT2D eigenvalue weighted by Gasteiger charge is -2.13. The number of pyridine rings is 1. The Balaban J connectivity index is 1.74. The monoisotopic (exact) mass is 480 g/mol. The molecule has 0 N–H and O–H groups in total. The SMILES string of the molecule is FC(F)(F)c1cccc(CSc2nnc(-c3ccncc3)n2-c2cccc(C(F)(F)F)c2)c1. The van der Waals surface area contributed by atoms with E-state index in [1.54, 1.807) is 12.1 Å². The predicted octanol–water partition coefficient (Wildman–Crippen LogP) is 6.66.